The van der Waals surface area contributed by atoms with Crippen LogP contribution in [0.2, 0.25) is 0 Å². The molecular weight excluding hydrogens is 317 g/mol. The second-order valence-corrected chi connectivity index (χ2v) is 7.88. The molecular formula is C16H14NO3PS. The Morgan fingerprint density at radius 1 is 0.909 bits per heavy atom. The van der Waals surface area contributed by atoms with Gasteiger partial charge in [-0.3, -0.25) is 0 Å². The quantitative estimate of drug-likeness (QED) is 0.649. The van der Waals surface area contributed by atoms with E-state index in [-0.39, 0.29) is 0 Å². The summed E-state index contributed by atoms with van der Waals surface area (Å²) < 4.78 is 25.0. The maximum Gasteiger partial charge on any atom is 0.491 e. The van der Waals surface area contributed by atoms with E-state index in [1.807, 2.05) is 43.3 Å². The zero-order valence-electron chi connectivity index (χ0n) is 11.9. The van der Waals surface area contributed by atoms with Crippen molar-refractivity contribution >= 4 is 23.7 Å². The summed E-state index contributed by atoms with van der Waals surface area (Å²) in [7, 11) is -3.59. The van der Waals surface area contributed by atoms with Gasteiger partial charge in [0.15, 0.2) is 0 Å². The average Bonchev–Trinajstić information content (AvgIpc) is 2.96. The van der Waals surface area contributed by atoms with Crippen molar-refractivity contribution in [3.63, 3.8) is 0 Å². The van der Waals surface area contributed by atoms with Gasteiger partial charge in [-0.2, -0.15) is 0 Å². The predicted octanol–water partition coefficient (Wildman–Crippen LogP) is 4.43. The molecule has 0 spiro atoms. The molecule has 0 aliphatic heterocycles. The third-order valence-electron chi connectivity index (χ3n) is 2.78. The molecule has 3 rings (SSSR count). The molecule has 112 valence electrons. The molecule has 3 aromatic rings. The summed E-state index contributed by atoms with van der Waals surface area (Å²) in [5, 5.41) is 0. The van der Waals surface area contributed by atoms with E-state index in [2.05, 4.69) is 4.98 Å². The van der Waals surface area contributed by atoms with E-state index in [1.54, 1.807) is 30.5 Å². The predicted molar refractivity (Wildman–Crippen MR) is 88.2 cm³/mol. The Kier molecular flexibility index (Phi) is 4.27. The first-order valence-corrected chi connectivity index (χ1v) is 9.04. The zero-order chi connectivity index (χ0) is 15.4. The second-order valence-electron chi connectivity index (χ2n) is 4.56. The fourth-order valence-electron chi connectivity index (χ4n) is 1.81. The molecule has 0 aliphatic rings. The highest BCUT2D eigenvalue weighted by atomic mass is 32.1. The van der Waals surface area contributed by atoms with Crippen molar-refractivity contribution in [2.24, 2.45) is 0 Å². The van der Waals surface area contributed by atoms with Gasteiger partial charge in [-0.25, -0.2) is 9.55 Å². The molecule has 0 N–H and O–H groups in total. The summed E-state index contributed by atoms with van der Waals surface area (Å²) in [6, 6.07) is 17.9. The van der Waals surface area contributed by atoms with Crippen LogP contribution >= 0.6 is 18.9 Å². The number of thiazole rings is 1. The van der Waals surface area contributed by atoms with E-state index in [1.165, 1.54) is 11.3 Å². The van der Waals surface area contributed by atoms with Gasteiger partial charge >= 0.3 is 7.60 Å². The van der Waals surface area contributed by atoms with Gasteiger partial charge in [-0.05, 0) is 31.2 Å². The molecule has 0 saturated heterocycles. The van der Waals surface area contributed by atoms with E-state index >= 15 is 0 Å². The van der Waals surface area contributed by atoms with Crippen molar-refractivity contribution < 1.29 is 13.6 Å². The van der Waals surface area contributed by atoms with E-state index in [4.69, 9.17) is 9.05 Å². The number of aromatic nitrogens is 1. The summed E-state index contributed by atoms with van der Waals surface area (Å²) in [6.07, 6.45) is 1.66. The van der Waals surface area contributed by atoms with Crippen LogP contribution in [0.1, 0.15) is 4.88 Å². The summed E-state index contributed by atoms with van der Waals surface area (Å²) in [5.74, 6) is 0.962. The van der Waals surface area contributed by atoms with Crippen molar-refractivity contribution in [1.82, 2.24) is 4.98 Å². The van der Waals surface area contributed by atoms with Crippen LogP contribution in [-0.2, 0) is 4.57 Å². The Balaban J connectivity index is 1.96. The van der Waals surface area contributed by atoms with Crippen LogP contribution in [0.5, 0.6) is 11.5 Å². The van der Waals surface area contributed by atoms with Gasteiger partial charge in [0.2, 0.25) is 4.75 Å². The van der Waals surface area contributed by atoms with Crippen LogP contribution in [0, 0.1) is 6.92 Å². The Labute approximate surface area is 132 Å². The first-order valence-electron chi connectivity index (χ1n) is 6.68. The topological polar surface area (TPSA) is 48.4 Å². The van der Waals surface area contributed by atoms with Crippen molar-refractivity contribution in [2.45, 2.75) is 6.92 Å². The van der Waals surface area contributed by atoms with Crippen LogP contribution in [0.25, 0.3) is 0 Å². The zero-order valence-corrected chi connectivity index (χ0v) is 13.6. The molecule has 0 fully saturated rings. The van der Waals surface area contributed by atoms with Crippen molar-refractivity contribution in [3.05, 3.63) is 71.7 Å². The SMILES string of the molecule is Cc1cnc(P(=O)(Oc2ccccc2)Oc2ccccc2)s1. The number of hydrogen-bond acceptors (Lipinski definition) is 5. The smallest absolute Gasteiger partial charge is 0.411 e. The molecule has 1 heterocycles. The van der Waals surface area contributed by atoms with Crippen LogP contribution in [-0.4, -0.2) is 4.98 Å². The van der Waals surface area contributed by atoms with E-state index in [0.717, 1.165) is 4.88 Å². The first-order chi connectivity index (χ1) is 10.7. The third-order valence-corrected chi connectivity index (χ3v) is 5.93. The van der Waals surface area contributed by atoms with Crippen molar-refractivity contribution in [2.75, 3.05) is 0 Å². The van der Waals surface area contributed by atoms with Gasteiger partial charge in [-0.15, -0.1) is 11.3 Å². The van der Waals surface area contributed by atoms with Crippen LogP contribution in [0.3, 0.4) is 0 Å². The minimum Gasteiger partial charge on any atom is -0.411 e. The number of para-hydroxylation sites is 2. The Bertz CT molecular complexity index is 744. The lowest BCUT2D eigenvalue weighted by molar-refractivity contribution is 0.399. The molecule has 0 radical (unpaired) electrons. The summed E-state index contributed by atoms with van der Waals surface area (Å²) in [4.78, 5) is 5.13. The molecule has 4 nitrogen and oxygen atoms in total. The third kappa shape index (κ3) is 3.38. The van der Waals surface area contributed by atoms with Gasteiger partial charge in [0.1, 0.15) is 11.5 Å². The van der Waals surface area contributed by atoms with E-state index in [0.29, 0.717) is 16.2 Å². The maximum atomic E-state index is 13.3. The Morgan fingerprint density at radius 2 is 1.41 bits per heavy atom. The number of hydrogen-bond donors (Lipinski definition) is 0. The first kappa shape index (κ1) is 14.8. The standard InChI is InChI=1S/C16H14NO3PS/c1-13-12-17-16(22-13)21(18,19-14-8-4-2-5-9-14)20-15-10-6-3-7-11-15/h2-12H,1H3. The van der Waals surface area contributed by atoms with Gasteiger partial charge in [0.05, 0.1) is 0 Å². The lowest BCUT2D eigenvalue weighted by atomic mass is 10.3. The van der Waals surface area contributed by atoms with Crippen molar-refractivity contribution in [1.29, 1.82) is 0 Å². The summed E-state index contributed by atoms with van der Waals surface area (Å²) in [5.41, 5.74) is 0. The Morgan fingerprint density at radius 3 is 1.82 bits per heavy atom. The maximum absolute atomic E-state index is 13.3. The second kappa shape index (κ2) is 6.34. The highest BCUT2D eigenvalue weighted by Gasteiger charge is 2.35. The van der Waals surface area contributed by atoms with E-state index in [9.17, 15) is 4.57 Å². The molecule has 0 amide bonds. The van der Waals surface area contributed by atoms with Crippen LogP contribution in [0.4, 0.5) is 0 Å². The average molecular weight is 331 g/mol. The normalized spacial score (nSPS) is 11.1. The number of aryl methyl sites for hydroxylation is 1. The van der Waals surface area contributed by atoms with Gasteiger partial charge in [-0.1, -0.05) is 36.4 Å². The minimum atomic E-state index is -3.59. The summed E-state index contributed by atoms with van der Waals surface area (Å²) in [6.45, 7) is 1.90. The van der Waals surface area contributed by atoms with Gasteiger partial charge in [0.25, 0.3) is 0 Å². The highest BCUT2D eigenvalue weighted by molar-refractivity contribution is 7.69. The largest absolute Gasteiger partial charge is 0.491 e. The number of benzene rings is 2. The van der Waals surface area contributed by atoms with Crippen LogP contribution in [0.15, 0.2) is 66.9 Å². The minimum absolute atomic E-state index is 0.345. The molecule has 0 aliphatic carbocycles. The molecule has 22 heavy (non-hydrogen) atoms. The van der Waals surface area contributed by atoms with Crippen LogP contribution < -0.4 is 13.8 Å². The number of rotatable bonds is 5. The lowest BCUT2D eigenvalue weighted by Crippen LogP contribution is -2.14. The molecule has 0 bridgehead atoms. The molecule has 0 unspecified atom stereocenters. The van der Waals surface area contributed by atoms with E-state index < -0.39 is 7.60 Å². The lowest BCUT2D eigenvalue weighted by Gasteiger charge is -2.17. The van der Waals surface area contributed by atoms with Crippen molar-refractivity contribution in [3.8, 4) is 11.5 Å². The molecule has 6 heteroatoms. The number of nitrogens with zero attached hydrogens (tertiary/aromatic N) is 1. The molecule has 0 saturated carbocycles. The monoisotopic (exact) mass is 331 g/mol. The fourth-order valence-corrected chi connectivity index (χ4v) is 4.60. The highest BCUT2D eigenvalue weighted by Crippen LogP contribution is 2.48. The summed E-state index contributed by atoms with van der Waals surface area (Å²) >= 11 is 1.31. The van der Waals surface area contributed by atoms with Gasteiger partial charge in [0, 0.05) is 11.1 Å². The van der Waals surface area contributed by atoms with Gasteiger partial charge < -0.3 is 9.05 Å². The fraction of sp³-hybridized carbons (Fsp3) is 0.0625. The Hall–Kier alpha value is -2.10. The molecule has 1 aromatic heterocycles. The molecule has 2 aromatic carbocycles. The molecule has 0 atom stereocenters.